The number of aliphatic hydroxyl groups excluding tert-OH is 1. The van der Waals surface area contributed by atoms with Crippen molar-refractivity contribution in [1.29, 1.82) is 0 Å². The van der Waals surface area contributed by atoms with Crippen molar-refractivity contribution in [1.82, 2.24) is 9.88 Å². The number of hydrogen-bond donors (Lipinski definition) is 1. The van der Waals surface area contributed by atoms with Crippen molar-refractivity contribution in [2.75, 3.05) is 26.3 Å². The molecular formula is C12H20N2O2S. The summed E-state index contributed by atoms with van der Waals surface area (Å²) in [7, 11) is 0. The second-order valence-corrected chi connectivity index (χ2v) is 5.73. The molecule has 1 aromatic rings. The Labute approximate surface area is 106 Å². The third-order valence-electron chi connectivity index (χ3n) is 3.03. The van der Waals surface area contributed by atoms with Crippen LogP contribution in [0.5, 0.6) is 0 Å². The minimum atomic E-state index is 0.125. The Morgan fingerprint density at radius 2 is 2.29 bits per heavy atom. The van der Waals surface area contributed by atoms with Crippen molar-refractivity contribution in [3.05, 3.63) is 16.1 Å². The first-order chi connectivity index (χ1) is 8.28. The van der Waals surface area contributed by atoms with Crippen LogP contribution in [0.4, 0.5) is 0 Å². The summed E-state index contributed by atoms with van der Waals surface area (Å²) in [5.41, 5.74) is 0. The van der Waals surface area contributed by atoms with E-state index in [-0.39, 0.29) is 6.61 Å². The average Bonchev–Trinajstić information content (AvgIpc) is 2.74. The Morgan fingerprint density at radius 3 is 2.88 bits per heavy atom. The van der Waals surface area contributed by atoms with Gasteiger partial charge in [-0.05, 0) is 19.8 Å². The van der Waals surface area contributed by atoms with E-state index in [1.54, 1.807) is 11.3 Å². The first-order valence-electron chi connectivity index (χ1n) is 6.14. The molecule has 17 heavy (non-hydrogen) atoms. The van der Waals surface area contributed by atoms with Crippen LogP contribution < -0.4 is 0 Å². The van der Waals surface area contributed by atoms with Gasteiger partial charge in [0.2, 0.25) is 0 Å². The van der Waals surface area contributed by atoms with Gasteiger partial charge in [-0.15, -0.1) is 11.3 Å². The molecule has 1 aromatic heterocycles. The lowest BCUT2D eigenvalue weighted by Gasteiger charge is -2.31. The molecule has 1 aliphatic rings. The van der Waals surface area contributed by atoms with Gasteiger partial charge in [0.25, 0.3) is 0 Å². The molecule has 1 N–H and O–H groups in total. The zero-order valence-electron chi connectivity index (χ0n) is 10.3. The molecule has 0 amide bonds. The Kier molecular flexibility index (Phi) is 4.91. The van der Waals surface area contributed by atoms with Gasteiger partial charge >= 0.3 is 0 Å². The predicted octanol–water partition coefficient (Wildman–Crippen LogP) is 1.42. The van der Waals surface area contributed by atoms with Gasteiger partial charge < -0.3 is 9.84 Å². The normalized spacial score (nSPS) is 18.7. The molecular weight excluding hydrogens is 236 g/mol. The first kappa shape index (κ1) is 13.0. The van der Waals surface area contributed by atoms with Crippen molar-refractivity contribution >= 4 is 11.3 Å². The van der Waals surface area contributed by atoms with Gasteiger partial charge in [-0.1, -0.05) is 0 Å². The van der Waals surface area contributed by atoms with Gasteiger partial charge in [-0.3, -0.25) is 4.90 Å². The molecule has 0 bridgehead atoms. The van der Waals surface area contributed by atoms with Crippen LogP contribution >= 0.6 is 11.3 Å². The molecule has 96 valence electrons. The summed E-state index contributed by atoms with van der Waals surface area (Å²) in [5, 5.41) is 9.85. The highest BCUT2D eigenvalue weighted by Crippen LogP contribution is 2.19. The minimum Gasteiger partial charge on any atom is -0.394 e. The average molecular weight is 256 g/mol. The maximum atomic E-state index is 8.71. The molecule has 0 aliphatic carbocycles. The molecule has 2 rings (SSSR count). The number of hydrogen-bond acceptors (Lipinski definition) is 5. The Balaban J connectivity index is 1.72. The molecule has 0 saturated carbocycles. The lowest BCUT2D eigenvalue weighted by Crippen LogP contribution is -2.36. The zero-order chi connectivity index (χ0) is 12.1. The number of aryl methyl sites for hydroxylation is 1. The Morgan fingerprint density at radius 1 is 1.53 bits per heavy atom. The lowest BCUT2D eigenvalue weighted by atomic mass is 10.1. The van der Waals surface area contributed by atoms with Gasteiger partial charge in [-0.25, -0.2) is 4.98 Å². The maximum Gasteiger partial charge on any atom is 0.0897 e. The number of nitrogens with zero attached hydrogens (tertiary/aromatic N) is 2. The van der Waals surface area contributed by atoms with Crippen LogP contribution in [0.25, 0.3) is 0 Å². The molecule has 5 heteroatoms. The molecule has 0 aromatic carbocycles. The lowest BCUT2D eigenvalue weighted by molar-refractivity contribution is -0.00887. The predicted molar refractivity (Wildman–Crippen MR) is 68.2 cm³/mol. The van der Waals surface area contributed by atoms with E-state index in [4.69, 9.17) is 9.84 Å². The fourth-order valence-corrected chi connectivity index (χ4v) is 2.99. The molecule has 0 radical (unpaired) electrons. The highest BCUT2D eigenvalue weighted by atomic mass is 32.1. The maximum absolute atomic E-state index is 8.71. The molecule has 1 saturated heterocycles. The van der Waals surface area contributed by atoms with Gasteiger partial charge in [0.1, 0.15) is 0 Å². The van der Waals surface area contributed by atoms with Crippen molar-refractivity contribution in [3.63, 3.8) is 0 Å². The molecule has 0 atom stereocenters. The first-order valence-corrected chi connectivity index (χ1v) is 6.95. The van der Waals surface area contributed by atoms with Crippen LogP contribution in [0.1, 0.15) is 22.7 Å². The number of piperidine rings is 1. The van der Waals surface area contributed by atoms with E-state index in [1.807, 2.05) is 13.1 Å². The molecule has 1 fully saturated rings. The second-order valence-electron chi connectivity index (χ2n) is 4.42. The van der Waals surface area contributed by atoms with E-state index in [2.05, 4.69) is 9.88 Å². The SMILES string of the molecule is Cc1ncc(CN2CCC(OCCO)CC2)s1. The summed E-state index contributed by atoms with van der Waals surface area (Å²) in [5.74, 6) is 0. The minimum absolute atomic E-state index is 0.125. The number of likely N-dealkylation sites (tertiary alicyclic amines) is 1. The molecule has 4 nitrogen and oxygen atoms in total. The smallest absolute Gasteiger partial charge is 0.0897 e. The molecule has 2 heterocycles. The van der Waals surface area contributed by atoms with E-state index >= 15 is 0 Å². The van der Waals surface area contributed by atoms with Crippen molar-refractivity contribution < 1.29 is 9.84 Å². The number of aromatic nitrogens is 1. The fourth-order valence-electron chi connectivity index (χ4n) is 2.15. The summed E-state index contributed by atoms with van der Waals surface area (Å²) >= 11 is 1.78. The van der Waals surface area contributed by atoms with Crippen LogP contribution in [0.2, 0.25) is 0 Å². The van der Waals surface area contributed by atoms with E-state index < -0.39 is 0 Å². The van der Waals surface area contributed by atoms with Crippen molar-refractivity contribution in [2.45, 2.75) is 32.4 Å². The van der Waals surface area contributed by atoms with E-state index in [1.165, 1.54) is 4.88 Å². The second kappa shape index (κ2) is 6.44. The largest absolute Gasteiger partial charge is 0.394 e. The third kappa shape index (κ3) is 4.03. The van der Waals surface area contributed by atoms with Crippen molar-refractivity contribution in [3.8, 4) is 0 Å². The van der Waals surface area contributed by atoms with Crippen molar-refractivity contribution in [2.24, 2.45) is 0 Å². The standard InChI is InChI=1S/C12H20N2O2S/c1-10-13-8-12(17-10)9-14-4-2-11(3-5-14)16-7-6-15/h8,11,15H,2-7,9H2,1H3. The number of thiazole rings is 1. The Bertz CT molecular complexity index is 335. The summed E-state index contributed by atoms with van der Waals surface area (Å²) in [6.07, 6.45) is 4.45. The van der Waals surface area contributed by atoms with E-state index in [0.29, 0.717) is 12.7 Å². The zero-order valence-corrected chi connectivity index (χ0v) is 11.1. The van der Waals surface area contributed by atoms with Crippen LogP contribution in [0, 0.1) is 6.92 Å². The van der Waals surface area contributed by atoms with Gasteiger partial charge in [0, 0.05) is 30.7 Å². The monoisotopic (exact) mass is 256 g/mol. The van der Waals surface area contributed by atoms with Crippen LogP contribution in [-0.2, 0) is 11.3 Å². The summed E-state index contributed by atoms with van der Waals surface area (Å²) < 4.78 is 5.55. The van der Waals surface area contributed by atoms with E-state index in [0.717, 1.165) is 37.5 Å². The van der Waals surface area contributed by atoms with Gasteiger partial charge in [0.05, 0.1) is 24.3 Å². The van der Waals surface area contributed by atoms with E-state index in [9.17, 15) is 0 Å². The van der Waals surface area contributed by atoms with Crippen LogP contribution in [0.15, 0.2) is 6.20 Å². The molecule has 0 unspecified atom stereocenters. The summed E-state index contributed by atoms with van der Waals surface area (Å²) in [4.78, 5) is 8.07. The quantitative estimate of drug-likeness (QED) is 0.865. The third-order valence-corrected chi connectivity index (χ3v) is 3.93. The highest BCUT2D eigenvalue weighted by molar-refractivity contribution is 7.11. The number of ether oxygens (including phenoxy) is 1. The molecule has 0 spiro atoms. The molecule has 1 aliphatic heterocycles. The summed E-state index contributed by atoms with van der Waals surface area (Å²) in [6, 6.07) is 0. The fraction of sp³-hybridized carbons (Fsp3) is 0.750. The summed E-state index contributed by atoms with van der Waals surface area (Å²) in [6.45, 7) is 5.81. The highest BCUT2D eigenvalue weighted by Gasteiger charge is 2.19. The van der Waals surface area contributed by atoms with Gasteiger partial charge in [-0.2, -0.15) is 0 Å². The number of aliphatic hydroxyl groups is 1. The van der Waals surface area contributed by atoms with Crippen LogP contribution in [-0.4, -0.2) is 47.4 Å². The van der Waals surface area contributed by atoms with Crippen LogP contribution in [0.3, 0.4) is 0 Å². The number of rotatable bonds is 5. The Hall–Kier alpha value is -0.490. The van der Waals surface area contributed by atoms with Gasteiger partial charge in [0.15, 0.2) is 0 Å². The topological polar surface area (TPSA) is 45.6 Å².